The molecular weight excluding hydrogens is 452 g/mol. The van der Waals surface area contributed by atoms with Crippen LogP contribution < -0.4 is 0 Å². The van der Waals surface area contributed by atoms with Gasteiger partial charge in [-0.1, -0.05) is 120 Å². The Balaban J connectivity index is 2.57. The molecule has 2 rings (SSSR count). The van der Waals surface area contributed by atoms with E-state index in [-0.39, 0.29) is 6.10 Å². The highest BCUT2D eigenvalue weighted by molar-refractivity contribution is 7.89. The van der Waals surface area contributed by atoms with E-state index in [0.717, 1.165) is 20.9 Å². The maximum absolute atomic E-state index is 13.9. The van der Waals surface area contributed by atoms with Crippen LogP contribution in [-0.2, 0) is 15.2 Å². The third kappa shape index (κ3) is 8.48. The van der Waals surface area contributed by atoms with Gasteiger partial charge in [0.05, 0.1) is 15.7 Å². The Labute approximate surface area is 212 Å². The molecule has 0 amide bonds. The number of allylic oxidation sites excluding steroid dienone is 2. The van der Waals surface area contributed by atoms with Crippen LogP contribution in [0.4, 0.5) is 0 Å². The van der Waals surface area contributed by atoms with Crippen molar-refractivity contribution in [3.63, 3.8) is 0 Å². The first-order valence-electron chi connectivity index (χ1n) is 13.0. The van der Waals surface area contributed by atoms with Crippen LogP contribution in [-0.4, -0.2) is 12.5 Å². The van der Waals surface area contributed by atoms with Gasteiger partial charge >= 0.3 is 0 Å². The van der Waals surface area contributed by atoms with E-state index in [0.29, 0.717) is 0 Å². The summed E-state index contributed by atoms with van der Waals surface area (Å²) < 4.78 is 21.3. The summed E-state index contributed by atoms with van der Waals surface area (Å²) >= 11 is 0. The summed E-state index contributed by atoms with van der Waals surface area (Å²) in [5, 5.41) is 0. The van der Waals surface area contributed by atoms with E-state index in [1.165, 1.54) is 56.7 Å². The molecule has 0 aliphatic heterocycles. The molecule has 0 aliphatic rings. The number of benzene rings is 2. The molecule has 2 atom stereocenters. The topological polar surface area (TPSA) is 26.3 Å². The van der Waals surface area contributed by atoms with Gasteiger partial charge in [-0.15, -0.1) is 0 Å². The minimum atomic E-state index is -2.06. The Hall–Kier alpha value is -1.75. The van der Waals surface area contributed by atoms with Crippen molar-refractivity contribution in [3.8, 4) is 0 Å². The second-order valence-electron chi connectivity index (χ2n) is 9.29. The fraction of sp³-hybridized carbons (Fsp3) is 0.467. The van der Waals surface area contributed by atoms with Crippen LogP contribution in [0.5, 0.6) is 0 Å². The number of aryl methyl sites for hydroxylation is 1. The number of hydrogen-bond acceptors (Lipinski definition) is 2. The van der Waals surface area contributed by atoms with Crippen LogP contribution in [0.2, 0.25) is 18.1 Å². The lowest BCUT2D eigenvalue weighted by Gasteiger charge is -2.37. The summed E-state index contributed by atoms with van der Waals surface area (Å²) in [5.74, 6) is 0. The highest BCUT2D eigenvalue weighted by Gasteiger charge is 2.38. The molecule has 0 bridgehead atoms. The summed E-state index contributed by atoms with van der Waals surface area (Å²) in [5.41, 5.74) is 2.24. The third-order valence-corrected chi connectivity index (χ3v) is 12.4. The molecule has 0 heterocycles. The van der Waals surface area contributed by atoms with Crippen LogP contribution >= 0.6 is 0 Å². The Bertz CT molecular complexity index is 883. The molecule has 1 unspecified atom stereocenters. The van der Waals surface area contributed by atoms with E-state index in [2.05, 4.69) is 58.5 Å². The van der Waals surface area contributed by atoms with Gasteiger partial charge in [-0.2, -0.15) is 0 Å². The molecule has 0 radical (unpaired) electrons. The van der Waals surface area contributed by atoms with Gasteiger partial charge in [0, 0.05) is 4.90 Å². The zero-order chi connectivity index (χ0) is 24.8. The number of rotatable bonds is 16. The van der Waals surface area contributed by atoms with Crippen molar-refractivity contribution >= 4 is 19.1 Å². The lowest BCUT2D eigenvalue weighted by molar-refractivity contribution is 0.229. The molecule has 0 aromatic heterocycles. The van der Waals surface area contributed by atoms with Gasteiger partial charge < -0.3 is 4.43 Å². The van der Waals surface area contributed by atoms with Crippen LogP contribution in [0.25, 0.3) is 0 Å². The second-order valence-corrected chi connectivity index (χ2v) is 14.9. The van der Waals surface area contributed by atoms with Crippen LogP contribution in [0, 0.1) is 6.92 Å². The Morgan fingerprint density at radius 3 is 1.91 bits per heavy atom. The van der Waals surface area contributed by atoms with Crippen molar-refractivity contribution < 1.29 is 8.63 Å². The SMILES string of the molecule is C=C/C=C(\[C@@H](O[Si](CCCC)(CCCC)CCCC)c1ccccc1)S(=O)c1ccc(C)cc1. The summed E-state index contributed by atoms with van der Waals surface area (Å²) in [4.78, 5) is 1.61. The molecule has 2 aromatic rings. The van der Waals surface area contributed by atoms with Gasteiger partial charge in [-0.3, -0.25) is 0 Å². The molecular formula is C30H44O2SSi. The minimum Gasteiger partial charge on any atom is -0.405 e. The first kappa shape index (κ1) is 28.5. The van der Waals surface area contributed by atoms with Gasteiger partial charge in [-0.05, 0) is 48.8 Å². The van der Waals surface area contributed by atoms with Crippen molar-refractivity contribution in [2.75, 3.05) is 0 Å². The van der Waals surface area contributed by atoms with E-state index in [4.69, 9.17) is 4.43 Å². The molecule has 0 saturated carbocycles. The molecule has 186 valence electrons. The van der Waals surface area contributed by atoms with Crippen LogP contribution in [0.3, 0.4) is 0 Å². The van der Waals surface area contributed by atoms with E-state index < -0.39 is 19.1 Å². The van der Waals surface area contributed by atoms with Crippen LogP contribution in [0.15, 0.2) is 83.1 Å². The summed E-state index contributed by atoms with van der Waals surface area (Å²) in [6.45, 7) is 12.8. The Kier molecular flexibility index (Phi) is 12.8. The first-order valence-corrected chi connectivity index (χ1v) is 16.7. The zero-order valence-electron chi connectivity index (χ0n) is 21.7. The maximum atomic E-state index is 13.9. The summed E-state index contributed by atoms with van der Waals surface area (Å²) in [6, 6.07) is 21.9. The summed E-state index contributed by atoms with van der Waals surface area (Å²) in [7, 11) is -3.39. The fourth-order valence-corrected chi connectivity index (χ4v) is 10.6. The normalized spacial score (nSPS) is 14.1. The van der Waals surface area contributed by atoms with Gasteiger partial charge in [0.15, 0.2) is 8.32 Å². The van der Waals surface area contributed by atoms with Crippen molar-refractivity contribution in [2.24, 2.45) is 0 Å². The predicted octanol–water partition coefficient (Wildman–Crippen LogP) is 9.28. The molecule has 4 heteroatoms. The molecule has 0 fully saturated rings. The maximum Gasteiger partial charge on any atom is 0.194 e. The van der Waals surface area contributed by atoms with Crippen LogP contribution in [0.1, 0.15) is 76.5 Å². The molecule has 0 spiro atoms. The lowest BCUT2D eigenvalue weighted by atomic mass is 10.1. The Morgan fingerprint density at radius 1 is 0.912 bits per heavy atom. The molecule has 0 aliphatic carbocycles. The molecule has 2 aromatic carbocycles. The van der Waals surface area contributed by atoms with Crippen molar-refractivity contribution in [3.05, 3.63) is 89.4 Å². The van der Waals surface area contributed by atoms with Gasteiger partial charge in [0.2, 0.25) is 0 Å². The van der Waals surface area contributed by atoms with Gasteiger partial charge in [0.25, 0.3) is 0 Å². The first-order chi connectivity index (χ1) is 16.5. The average Bonchev–Trinajstić information content (AvgIpc) is 2.87. The third-order valence-electron chi connectivity index (χ3n) is 6.42. The summed E-state index contributed by atoms with van der Waals surface area (Å²) in [6.07, 6.45) is 10.5. The highest BCUT2D eigenvalue weighted by Crippen LogP contribution is 2.39. The van der Waals surface area contributed by atoms with E-state index in [1.807, 2.05) is 36.4 Å². The second kappa shape index (κ2) is 15.3. The molecule has 2 nitrogen and oxygen atoms in total. The molecule has 0 N–H and O–H groups in total. The lowest BCUT2D eigenvalue weighted by Crippen LogP contribution is -2.40. The van der Waals surface area contributed by atoms with E-state index >= 15 is 0 Å². The quantitative estimate of drug-likeness (QED) is 0.171. The molecule has 0 saturated heterocycles. The van der Waals surface area contributed by atoms with E-state index in [9.17, 15) is 4.21 Å². The number of hydrogen-bond donors (Lipinski definition) is 0. The monoisotopic (exact) mass is 496 g/mol. The zero-order valence-corrected chi connectivity index (χ0v) is 23.5. The predicted molar refractivity (Wildman–Crippen MR) is 151 cm³/mol. The average molecular weight is 497 g/mol. The van der Waals surface area contributed by atoms with E-state index in [1.54, 1.807) is 6.08 Å². The van der Waals surface area contributed by atoms with Crippen molar-refractivity contribution in [2.45, 2.75) is 95.4 Å². The van der Waals surface area contributed by atoms with Crippen molar-refractivity contribution in [1.29, 1.82) is 0 Å². The highest BCUT2D eigenvalue weighted by atomic mass is 32.2. The largest absolute Gasteiger partial charge is 0.405 e. The van der Waals surface area contributed by atoms with Gasteiger partial charge in [-0.25, -0.2) is 4.21 Å². The van der Waals surface area contributed by atoms with Crippen molar-refractivity contribution in [1.82, 2.24) is 0 Å². The Morgan fingerprint density at radius 2 is 1.44 bits per heavy atom. The smallest absolute Gasteiger partial charge is 0.194 e. The minimum absolute atomic E-state index is 0.321. The number of unbranched alkanes of at least 4 members (excludes halogenated alkanes) is 3. The van der Waals surface area contributed by atoms with Gasteiger partial charge in [0.1, 0.15) is 6.10 Å². The standard InChI is InChI=1S/C30H44O2SSi/c1-6-10-23-34(24-11-7-2,25-12-8-3)32-30(27-17-14-13-15-18-27)29(16-9-4)33(31)28-21-19-26(5)20-22-28/h9,13-22,30H,4,6-8,10-12,23-25H2,1-3,5H3/b29-16+/t30-,33?/m0/s1. The molecule has 34 heavy (non-hydrogen) atoms. The fourth-order valence-electron chi connectivity index (χ4n) is 4.38.